The molecular weight excluding hydrogens is 275 g/mol. The standard InChI is InChI=1S/C16H24ClFN2/c1-2-3-10-20(11-13-6-5-9-19-13)12-14-15(17)7-4-8-16(14)18/h4,7-8,13,19H,2-3,5-6,9-12H2,1H3. The lowest BCUT2D eigenvalue weighted by Crippen LogP contribution is -2.38. The Hall–Kier alpha value is -0.640. The zero-order valence-electron chi connectivity index (χ0n) is 12.2. The van der Waals surface area contributed by atoms with Crippen LogP contribution in [0.3, 0.4) is 0 Å². The van der Waals surface area contributed by atoms with Crippen molar-refractivity contribution in [1.82, 2.24) is 10.2 Å². The van der Waals surface area contributed by atoms with Gasteiger partial charge in [-0.1, -0.05) is 31.0 Å². The summed E-state index contributed by atoms with van der Waals surface area (Å²) < 4.78 is 13.9. The maximum atomic E-state index is 13.9. The summed E-state index contributed by atoms with van der Waals surface area (Å²) in [6.07, 6.45) is 4.75. The lowest BCUT2D eigenvalue weighted by molar-refractivity contribution is 0.235. The second kappa shape index (κ2) is 7.96. The van der Waals surface area contributed by atoms with E-state index in [9.17, 15) is 4.39 Å². The quantitative estimate of drug-likeness (QED) is 0.823. The van der Waals surface area contributed by atoms with Gasteiger partial charge in [0.05, 0.1) is 0 Å². The molecule has 1 heterocycles. The number of hydrogen-bond acceptors (Lipinski definition) is 2. The van der Waals surface area contributed by atoms with Gasteiger partial charge in [-0.25, -0.2) is 4.39 Å². The third-order valence-corrected chi connectivity index (χ3v) is 4.27. The molecule has 112 valence electrons. The van der Waals surface area contributed by atoms with Crippen molar-refractivity contribution in [3.05, 3.63) is 34.6 Å². The number of rotatable bonds is 7. The molecule has 0 bridgehead atoms. The van der Waals surface area contributed by atoms with Gasteiger partial charge in [0.1, 0.15) is 5.82 Å². The van der Waals surface area contributed by atoms with Crippen molar-refractivity contribution in [1.29, 1.82) is 0 Å². The first-order valence-electron chi connectivity index (χ1n) is 7.59. The lowest BCUT2D eigenvalue weighted by atomic mass is 10.1. The van der Waals surface area contributed by atoms with Crippen LogP contribution in [0, 0.1) is 5.82 Å². The first-order valence-corrected chi connectivity index (χ1v) is 7.97. The first-order chi connectivity index (χ1) is 9.70. The fraction of sp³-hybridized carbons (Fsp3) is 0.625. The Morgan fingerprint density at radius 3 is 2.95 bits per heavy atom. The second-order valence-corrected chi connectivity index (χ2v) is 5.99. The fourth-order valence-electron chi connectivity index (χ4n) is 2.75. The molecule has 1 N–H and O–H groups in total. The van der Waals surface area contributed by atoms with Gasteiger partial charge in [-0.15, -0.1) is 0 Å². The Balaban J connectivity index is 2.01. The minimum atomic E-state index is -0.196. The molecular formula is C16H24ClFN2. The summed E-state index contributed by atoms with van der Waals surface area (Å²) in [5.41, 5.74) is 0.628. The van der Waals surface area contributed by atoms with Crippen molar-refractivity contribution in [2.24, 2.45) is 0 Å². The SMILES string of the molecule is CCCCN(Cc1c(F)cccc1Cl)CC1CCCN1. The first kappa shape index (κ1) is 15.7. The van der Waals surface area contributed by atoms with E-state index in [1.165, 1.54) is 18.9 Å². The molecule has 0 amide bonds. The highest BCUT2D eigenvalue weighted by atomic mass is 35.5. The molecule has 4 heteroatoms. The Kier molecular flexibility index (Phi) is 6.27. The van der Waals surface area contributed by atoms with Crippen LogP contribution in [0.25, 0.3) is 0 Å². The van der Waals surface area contributed by atoms with Gasteiger partial charge in [0.25, 0.3) is 0 Å². The number of nitrogens with zero attached hydrogens (tertiary/aromatic N) is 1. The smallest absolute Gasteiger partial charge is 0.129 e. The molecule has 1 aliphatic rings. The molecule has 1 fully saturated rings. The van der Waals surface area contributed by atoms with E-state index in [0.29, 0.717) is 23.2 Å². The normalized spacial score (nSPS) is 18.9. The van der Waals surface area contributed by atoms with E-state index in [-0.39, 0.29) is 5.82 Å². The molecule has 1 saturated heterocycles. The van der Waals surface area contributed by atoms with Crippen LogP contribution >= 0.6 is 11.6 Å². The molecule has 2 nitrogen and oxygen atoms in total. The van der Waals surface area contributed by atoms with E-state index in [4.69, 9.17) is 11.6 Å². The molecule has 20 heavy (non-hydrogen) atoms. The van der Waals surface area contributed by atoms with Crippen molar-refractivity contribution < 1.29 is 4.39 Å². The fourth-order valence-corrected chi connectivity index (χ4v) is 2.97. The molecule has 0 saturated carbocycles. The highest BCUT2D eigenvalue weighted by molar-refractivity contribution is 6.31. The highest BCUT2D eigenvalue weighted by Crippen LogP contribution is 2.21. The average Bonchev–Trinajstić information content (AvgIpc) is 2.93. The predicted molar refractivity (Wildman–Crippen MR) is 82.6 cm³/mol. The molecule has 1 atom stereocenters. The molecule has 0 radical (unpaired) electrons. The number of hydrogen-bond donors (Lipinski definition) is 1. The second-order valence-electron chi connectivity index (χ2n) is 5.58. The third-order valence-electron chi connectivity index (χ3n) is 3.91. The minimum Gasteiger partial charge on any atom is -0.313 e. The molecule has 1 unspecified atom stereocenters. The van der Waals surface area contributed by atoms with Crippen molar-refractivity contribution in [2.75, 3.05) is 19.6 Å². The maximum absolute atomic E-state index is 13.9. The van der Waals surface area contributed by atoms with Crippen LogP contribution in [0.1, 0.15) is 38.2 Å². The zero-order chi connectivity index (χ0) is 14.4. The average molecular weight is 299 g/mol. The number of nitrogens with one attached hydrogen (secondary N) is 1. The summed E-state index contributed by atoms with van der Waals surface area (Å²) in [5.74, 6) is -0.196. The third kappa shape index (κ3) is 4.44. The van der Waals surface area contributed by atoms with Gasteiger partial charge in [0.15, 0.2) is 0 Å². The van der Waals surface area contributed by atoms with Crippen LogP contribution in [0.15, 0.2) is 18.2 Å². The monoisotopic (exact) mass is 298 g/mol. The van der Waals surface area contributed by atoms with Crippen molar-refractivity contribution in [2.45, 2.75) is 45.2 Å². The predicted octanol–water partition coefficient (Wildman–Crippen LogP) is 3.83. The number of halogens is 2. The summed E-state index contributed by atoms with van der Waals surface area (Å²) >= 11 is 6.14. The van der Waals surface area contributed by atoms with Crippen LogP contribution in [-0.2, 0) is 6.54 Å². The Bertz CT molecular complexity index is 399. The van der Waals surface area contributed by atoms with Gasteiger partial charge in [-0.3, -0.25) is 4.90 Å². The Morgan fingerprint density at radius 1 is 1.45 bits per heavy atom. The zero-order valence-corrected chi connectivity index (χ0v) is 12.9. The summed E-state index contributed by atoms with van der Waals surface area (Å²) in [6, 6.07) is 5.46. The summed E-state index contributed by atoms with van der Waals surface area (Å²) in [4.78, 5) is 2.33. The highest BCUT2D eigenvalue weighted by Gasteiger charge is 2.19. The van der Waals surface area contributed by atoms with E-state index < -0.39 is 0 Å². The van der Waals surface area contributed by atoms with Crippen molar-refractivity contribution >= 4 is 11.6 Å². The van der Waals surface area contributed by atoms with Gasteiger partial charge in [-0.05, 0) is 44.5 Å². The van der Waals surface area contributed by atoms with E-state index >= 15 is 0 Å². The molecule has 2 rings (SSSR count). The molecule has 0 aromatic heterocycles. The van der Waals surface area contributed by atoms with E-state index in [2.05, 4.69) is 17.1 Å². The van der Waals surface area contributed by atoms with Gasteiger partial charge >= 0.3 is 0 Å². The van der Waals surface area contributed by atoms with Crippen LogP contribution in [0.2, 0.25) is 5.02 Å². The number of unbranched alkanes of at least 4 members (excludes halogenated alkanes) is 1. The molecule has 0 spiro atoms. The summed E-state index contributed by atoms with van der Waals surface area (Å²) in [7, 11) is 0. The topological polar surface area (TPSA) is 15.3 Å². The number of benzene rings is 1. The van der Waals surface area contributed by atoms with E-state index in [0.717, 1.165) is 32.5 Å². The lowest BCUT2D eigenvalue weighted by Gasteiger charge is -2.26. The Labute approximate surface area is 126 Å². The minimum absolute atomic E-state index is 0.196. The van der Waals surface area contributed by atoms with E-state index in [1.807, 2.05) is 0 Å². The summed E-state index contributed by atoms with van der Waals surface area (Å²) in [5, 5.41) is 4.04. The maximum Gasteiger partial charge on any atom is 0.129 e. The Morgan fingerprint density at radius 2 is 2.30 bits per heavy atom. The van der Waals surface area contributed by atoms with Gasteiger partial charge in [0, 0.05) is 29.7 Å². The molecule has 0 aliphatic carbocycles. The van der Waals surface area contributed by atoms with Crippen molar-refractivity contribution in [3.63, 3.8) is 0 Å². The van der Waals surface area contributed by atoms with E-state index in [1.54, 1.807) is 12.1 Å². The van der Waals surface area contributed by atoms with Crippen LogP contribution in [0.5, 0.6) is 0 Å². The molecule has 1 aliphatic heterocycles. The van der Waals surface area contributed by atoms with Crippen LogP contribution in [-0.4, -0.2) is 30.6 Å². The molecule has 1 aromatic carbocycles. The summed E-state index contributed by atoms with van der Waals surface area (Å²) in [6.45, 7) is 5.86. The van der Waals surface area contributed by atoms with Crippen LogP contribution in [0.4, 0.5) is 4.39 Å². The van der Waals surface area contributed by atoms with Crippen molar-refractivity contribution in [3.8, 4) is 0 Å². The van der Waals surface area contributed by atoms with Gasteiger partial charge in [0.2, 0.25) is 0 Å². The molecule has 1 aromatic rings. The van der Waals surface area contributed by atoms with Gasteiger partial charge < -0.3 is 5.32 Å². The van der Waals surface area contributed by atoms with Crippen LogP contribution < -0.4 is 5.32 Å². The van der Waals surface area contributed by atoms with Gasteiger partial charge in [-0.2, -0.15) is 0 Å². The largest absolute Gasteiger partial charge is 0.313 e.